The van der Waals surface area contributed by atoms with Crippen molar-refractivity contribution in [3.05, 3.63) is 59.7 Å². The van der Waals surface area contributed by atoms with E-state index in [0.29, 0.717) is 55.5 Å². The van der Waals surface area contributed by atoms with E-state index in [1.807, 2.05) is 37.5 Å². The van der Waals surface area contributed by atoms with Gasteiger partial charge in [-0.1, -0.05) is 6.07 Å². The molecular formula is C31H36F2N8O3. The van der Waals surface area contributed by atoms with E-state index in [4.69, 9.17) is 9.47 Å². The molecule has 5 heterocycles. The average Bonchev–Trinajstić information content (AvgIpc) is 3.35. The largest absolute Gasteiger partial charge is 0.453 e. The molecule has 0 saturated carbocycles. The SMILES string of the molecule is COC(=O)N1CCC[C@]2(CN(Cc3ccc(Nc4ncc(F)c(-c5cc(F)c6nc(C)n(C(C)C)c6c5)n4)nc3)CCO2)C1. The fourth-order valence-corrected chi connectivity index (χ4v) is 6.34. The molecule has 1 atom stereocenters. The summed E-state index contributed by atoms with van der Waals surface area (Å²) in [5, 5.41) is 3.03. The van der Waals surface area contributed by atoms with Crippen LogP contribution in [0.5, 0.6) is 0 Å². The van der Waals surface area contributed by atoms with Crippen molar-refractivity contribution < 1.29 is 23.0 Å². The predicted octanol–water partition coefficient (Wildman–Crippen LogP) is 5.23. The third-order valence-corrected chi connectivity index (χ3v) is 8.23. The summed E-state index contributed by atoms with van der Waals surface area (Å²) in [7, 11) is 1.40. The van der Waals surface area contributed by atoms with Gasteiger partial charge >= 0.3 is 6.09 Å². The number of aryl methyl sites for hydroxylation is 1. The maximum Gasteiger partial charge on any atom is 0.409 e. The van der Waals surface area contributed by atoms with Gasteiger partial charge in [0.15, 0.2) is 11.6 Å². The molecule has 6 rings (SSSR count). The summed E-state index contributed by atoms with van der Waals surface area (Å²) >= 11 is 0. The molecule has 4 aromatic rings. The molecule has 2 aliphatic heterocycles. The highest BCUT2D eigenvalue weighted by Gasteiger charge is 2.42. The Labute approximate surface area is 254 Å². The van der Waals surface area contributed by atoms with E-state index in [0.717, 1.165) is 31.1 Å². The zero-order valence-electron chi connectivity index (χ0n) is 25.3. The minimum absolute atomic E-state index is 0.0243. The van der Waals surface area contributed by atoms with E-state index in [2.05, 4.69) is 30.2 Å². The molecule has 2 aliphatic rings. The van der Waals surface area contributed by atoms with Crippen LogP contribution in [0.1, 0.15) is 44.1 Å². The van der Waals surface area contributed by atoms with Crippen molar-refractivity contribution in [2.45, 2.75) is 51.8 Å². The Morgan fingerprint density at radius 3 is 2.70 bits per heavy atom. The van der Waals surface area contributed by atoms with Gasteiger partial charge in [0.25, 0.3) is 0 Å². The zero-order chi connectivity index (χ0) is 31.0. The van der Waals surface area contributed by atoms with Gasteiger partial charge in [0.05, 0.1) is 37.6 Å². The summed E-state index contributed by atoms with van der Waals surface area (Å²) in [6.45, 7) is 9.71. The molecule has 44 heavy (non-hydrogen) atoms. The van der Waals surface area contributed by atoms with Crippen molar-refractivity contribution in [1.82, 2.24) is 34.3 Å². The number of imidazole rings is 1. The summed E-state index contributed by atoms with van der Waals surface area (Å²) in [4.78, 5) is 33.4. The normalized spacial score (nSPS) is 19.2. The Bertz CT molecular complexity index is 1670. The van der Waals surface area contributed by atoms with Crippen LogP contribution in [0.4, 0.5) is 25.3 Å². The fraction of sp³-hybridized carbons (Fsp3) is 0.452. The lowest BCUT2D eigenvalue weighted by atomic mass is 9.90. The highest BCUT2D eigenvalue weighted by atomic mass is 19.1. The standard InChI is InChI=1S/C31H36F2N8O3/c1-19(2)41-20(3)36-28-23(32)12-22(13-25(28)41)27-24(33)15-35-29(38-27)37-26-7-6-21(14-34-26)16-39-10-11-44-31(17-39)8-5-9-40(18-31)30(42)43-4/h6-7,12-15,19H,5,8-11,16-18H2,1-4H3,(H,34,35,37,38)/t31-/m0/s1. The third kappa shape index (κ3) is 5.93. The molecule has 13 heteroatoms. The number of halogens is 2. The van der Waals surface area contributed by atoms with E-state index in [1.165, 1.54) is 13.2 Å². The Kier molecular flexibility index (Phi) is 8.16. The van der Waals surface area contributed by atoms with Crippen molar-refractivity contribution in [3.8, 4) is 11.3 Å². The van der Waals surface area contributed by atoms with Crippen molar-refractivity contribution in [2.75, 3.05) is 45.2 Å². The molecule has 11 nitrogen and oxygen atoms in total. The first kappa shape index (κ1) is 29.8. The van der Waals surface area contributed by atoms with Crippen molar-refractivity contribution in [1.29, 1.82) is 0 Å². The number of pyridine rings is 1. The maximum absolute atomic E-state index is 15.0. The van der Waals surface area contributed by atoms with Crippen LogP contribution in [0.15, 0.2) is 36.7 Å². The number of piperidine rings is 1. The summed E-state index contributed by atoms with van der Waals surface area (Å²) < 4.78 is 43.0. The second-order valence-electron chi connectivity index (χ2n) is 11.8. The van der Waals surface area contributed by atoms with Crippen LogP contribution >= 0.6 is 0 Å². The van der Waals surface area contributed by atoms with Gasteiger partial charge in [-0.15, -0.1) is 0 Å². The van der Waals surface area contributed by atoms with Crippen molar-refractivity contribution >= 4 is 28.9 Å². The monoisotopic (exact) mass is 606 g/mol. The number of nitrogens with one attached hydrogen (secondary N) is 1. The number of likely N-dealkylation sites (tertiary alicyclic amines) is 1. The van der Waals surface area contributed by atoms with E-state index in [-0.39, 0.29) is 29.3 Å². The van der Waals surface area contributed by atoms with Crippen molar-refractivity contribution in [2.24, 2.45) is 0 Å². The molecule has 0 aliphatic carbocycles. The number of rotatable bonds is 6. The topological polar surface area (TPSA) is 111 Å². The van der Waals surface area contributed by atoms with Gasteiger partial charge in [-0.2, -0.15) is 0 Å². The third-order valence-electron chi connectivity index (χ3n) is 8.23. The zero-order valence-corrected chi connectivity index (χ0v) is 25.3. The van der Waals surface area contributed by atoms with Crippen LogP contribution in [0.25, 0.3) is 22.3 Å². The predicted molar refractivity (Wildman–Crippen MR) is 160 cm³/mol. The van der Waals surface area contributed by atoms with E-state index in [1.54, 1.807) is 17.2 Å². The molecule has 1 spiro atoms. The van der Waals surface area contributed by atoms with Gasteiger partial charge in [-0.25, -0.2) is 33.5 Å². The molecular weight excluding hydrogens is 570 g/mol. The number of hydrogen-bond donors (Lipinski definition) is 1. The first-order chi connectivity index (χ1) is 21.1. The van der Waals surface area contributed by atoms with Gasteiger partial charge in [0, 0.05) is 44.0 Å². The lowest BCUT2D eigenvalue weighted by Crippen LogP contribution is -2.60. The highest BCUT2D eigenvalue weighted by Crippen LogP contribution is 2.32. The molecule has 0 radical (unpaired) electrons. The molecule has 1 aromatic carbocycles. The van der Waals surface area contributed by atoms with Crippen LogP contribution in [-0.4, -0.2) is 85.9 Å². The number of carbonyl (C=O) groups is 1. The minimum Gasteiger partial charge on any atom is -0.453 e. The number of hydrogen-bond acceptors (Lipinski definition) is 9. The Morgan fingerprint density at radius 1 is 1.11 bits per heavy atom. The number of anilines is 2. The van der Waals surface area contributed by atoms with Crippen LogP contribution in [0, 0.1) is 18.6 Å². The smallest absolute Gasteiger partial charge is 0.409 e. The highest BCUT2D eigenvalue weighted by molar-refractivity contribution is 5.83. The number of methoxy groups -OCH3 is 1. The molecule has 1 N–H and O–H groups in total. The van der Waals surface area contributed by atoms with E-state index in [9.17, 15) is 9.18 Å². The molecule has 1 amide bonds. The lowest BCUT2D eigenvalue weighted by Gasteiger charge is -2.47. The summed E-state index contributed by atoms with van der Waals surface area (Å²) in [5.41, 5.74) is 1.69. The van der Waals surface area contributed by atoms with Crippen LogP contribution in [0.2, 0.25) is 0 Å². The van der Waals surface area contributed by atoms with E-state index < -0.39 is 17.2 Å². The lowest BCUT2D eigenvalue weighted by molar-refractivity contribution is -0.137. The van der Waals surface area contributed by atoms with Gasteiger partial charge in [0.1, 0.15) is 22.9 Å². The molecule has 2 fully saturated rings. The number of morpholine rings is 1. The average molecular weight is 607 g/mol. The van der Waals surface area contributed by atoms with Gasteiger partial charge < -0.3 is 24.3 Å². The van der Waals surface area contributed by atoms with Gasteiger partial charge in [-0.3, -0.25) is 4.90 Å². The summed E-state index contributed by atoms with van der Waals surface area (Å²) in [6.07, 6.45) is 4.27. The molecule has 0 unspecified atom stereocenters. The number of nitrogens with zero attached hydrogens (tertiary/aromatic N) is 7. The van der Waals surface area contributed by atoms with Crippen LogP contribution in [-0.2, 0) is 16.0 Å². The first-order valence-corrected chi connectivity index (χ1v) is 14.8. The van der Waals surface area contributed by atoms with Gasteiger partial charge in [0.2, 0.25) is 5.95 Å². The fourth-order valence-electron chi connectivity index (χ4n) is 6.34. The van der Waals surface area contributed by atoms with E-state index >= 15 is 4.39 Å². The first-order valence-electron chi connectivity index (χ1n) is 14.8. The van der Waals surface area contributed by atoms with Crippen LogP contribution in [0.3, 0.4) is 0 Å². The number of fused-ring (bicyclic) bond motifs is 1. The second kappa shape index (κ2) is 12.0. The second-order valence-corrected chi connectivity index (χ2v) is 11.8. The number of benzene rings is 1. The minimum atomic E-state index is -0.666. The number of aromatic nitrogens is 5. The Morgan fingerprint density at radius 2 is 1.95 bits per heavy atom. The Hall–Kier alpha value is -4.23. The summed E-state index contributed by atoms with van der Waals surface area (Å²) in [5.74, 6) is 0.0960. The Balaban J connectivity index is 1.15. The molecule has 232 valence electrons. The summed E-state index contributed by atoms with van der Waals surface area (Å²) in [6, 6.07) is 6.77. The van der Waals surface area contributed by atoms with Crippen LogP contribution < -0.4 is 5.32 Å². The molecule has 0 bridgehead atoms. The van der Waals surface area contributed by atoms with Crippen molar-refractivity contribution in [3.63, 3.8) is 0 Å². The quantitative estimate of drug-likeness (QED) is 0.315. The molecule has 3 aromatic heterocycles. The van der Waals surface area contributed by atoms with Gasteiger partial charge in [-0.05, 0) is 57.4 Å². The number of carbonyl (C=O) groups excluding carboxylic acids is 1. The number of amides is 1. The number of ether oxygens (including phenoxy) is 2. The molecule has 2 saturated heterocycles. The maximum atomic E-state index is 15.0.